The van der Waals surface area contributed by atoms with Crippen molar-refractivity contribution in [3.63, 3.8) is 0 Å². The van der Waals surface area contributed by atoms with Gasteiger partial charge in [-0.2, -0.15) is 5.10 Å². The SMILES string of the molecule is Cc1c(-c2ccccc2)n[nH]c1C(=O)NCCCCc1ccncc1. The summed E-state index contributed by atoms with van der Waals surface area (Å²) in [6.07, 6.45) is 6.58. The lowest BCUT2D eigenvalue weighted by Crippen LogP contribution is -2.25. The van der Waals surface area contributed by atoms with Crippen LogP contribution in [0.1, 0.15) is 34.5 Å². The number of unbranched alkanes of at least 4 members (excludes halogenated alkanes) is 1. The van der Waals surface area contributed by atoms with E-state index in [1.807, 2.05) is 61.8 Å². The molecule has 0 aliphatic carbocycles. The number of benzene rings is 1. The molecule has 128 valence electrons. The summed E-state index contributed by atoms with van der Waals surface area (Å²) in [4.78, 5) is 16.4. The molecule has 0 fully saturated rings. The highest BCUT2D eigenvalue weighted by atomic mass is 16.1. The Morgan fingerprint density at radius 2 is 1.84 bits per heavy atom. The van der Waals surface area contributed by atoms with Crippen LogP contribution >= 0.6 is 0 Å². The summed E-state index contributed by atoms with van der Waals surface area (Å²) in [6.45, 7) is 2.58. The molecule has 0 unspecified atom stereocenters. The van der Waals surface area contributed by atoms with Crippen LogP contribution in [0.25, 0.3) is 11.3 Å². The van der Waals surface area contributed by atoms with Gasteiger partial charge in [0.05, 0.1) is 5.69 Å². The van der Waals surface area contributed by atoms with E-state index in [9.17, 15) is 4.79 Å². The zero-order valence-corrected chi connectivity index (χ0v) is 14.3. The number of aromatic nitrogens is 3. The van der Waals surface area contributed by atoms with Crippen LogP contribution < -0.4 is 5.32 Å². The minimum atomic E-state index is -0.101. The number of carbonyl (C=O) groups excluding carboxylic acids is 1. The molecule has 5 heteroatoms. The lowest BCUT2D eigenvalue weighted by atomic mass is 10.1. The molecule has 1 aromatic carbocycles. The summed E-state index contributed by atoms with van der Waals surface area (Å²) >= 11 is 0. The van der Waals surface area contributed by atoms with Crippen molar-refractivity contribution < 1.29 is 4.79 Å². The largest absolute Gasteiger partial charge is 0.351 e. The third-order valence-corrected chi connectivity index (χ3v) is 4.21. The van der Waals surface area contributed by atoms with Crippen LogP contribution in [0, 0.1) is 6.92 Å². The smallest absolute Gasteiger partial charge is 0.269 e. The first-order valence-corrected chi connectivity index (χ1v) is 8.53. The number of pyridine rings is 1. The van der Waals surface area contributed by atoms with Gasteiger partial charge < -0.3 is 5.32 Å². The predicted molar refractivity (Wildman–Crippen MR) is 98.3 cm³/mol. The van der Waals surface area contributed by atoms with E-state index in [1.54, 1.807) is 0 Å². The van der Waals surface area contributed by atoms with Gasteiger partial charge in [-0.1, -0.05) is 30.3 Å². The Bertz CT molecular complexity index is 812. The molecule has 0 aliphatic rings. The molecule has 0 bridgehead atoms. The van der Waals surface area contributed by atoms with Crippen molar-refractivity contribution in [3.05, 3.63) is 71.7 Å². The van der Waals surface area contributed by atoms with E-state index >= 15 is 0 Å². The Morgan fingerprint density at radius 1 is 1.08 bits per heavy atom. The van der Waals surface area contributed by atoms with Gasteiger partial charge in [-0.3, -0.25) is 14.9 Å². The second-order valence-corrected chi connectivity index (χ2v) is 6.01. The maximum atomic E-state index is 12.4. The van der Waals surface area contributed by atoms with Crippen LogP contribution in [0.3, 0.4) is 0 Å². The fraction of sp³-hybridized carbons (Fsp3) is 0.250. The van der Waals surface area contributed by atoms with Gasteiger partial charge >= 0.3 is 0 Å². The highest BCUT2D eigenvalue weighted by molar-refractivity contribution is 5.95. The van der Waals surface area contributed by atoms with Crippen LogP contribution in [0.4, 0.5) is 0 Å². The highest BCUT2D eigenvalue weighted by Gasteiger charge is 2.16. The van der Waals surface area contributed by atoms with Crippen LogP contribution in [-0.4, -0.2) is 27.6 Å². The van der Waals surface area contributed by atoms with Gasteiger partial charge in [-0.05, 0) is 43.9 Å². The lowest BCUT2D eigenvalue weighted by molar-refractivity contribution is 0.0947. The molecule has 2 aromatic heterocycles. The van der Waals surface area contributed by atoms with Gasteiger partial charge in [0.2, 0.25) is 0 Å². The Morgan fingerprint density at radius 3 is 2.60 bits per heavy atom. The van der Waals surface area contributed by atoms with E-state index in [0.717, 1.165) is 36.1 Å². The Labute approximate surface area is 147 Å². The molecule has 0 radical (unpaired) electrons. The molecule has 0 atom stereocenters. The summed E-state index contributed by atoms with van der Waals surface area (Å²) in [5.41, 5.74) is 4.52. The molecular weight excluding hydrogens is 312 g/mol. The standard InChI is InChI=1S/C20H22N4O/c1-15-18(17-8-3-2-4-9-17)23-24-19(15)20(25)22-12-6-5-7-16-10-13-21-14-11-16/h2-4,8-11,13-14H,5-7,12H2,1H3,(H,22,25)(H,23,24). The van der Waals surface area contributed by atoms with Crippen molar-refractivity contribution in [2.24, 2.45) is 0 Å². The third kappa shape index (κ3) is 4.32. The summed E-state index contributed by atoms with van der Waals surface area (Å²) in [7, 11) is 0. The Kier molecular flexibility index (Phi) is 5.57. The van der Waals surface area contributed by atoms with Crippen LogP contribution in [0.2, 0.25) is 0 Å². The second-order valence-electron chi connectivity index (χ2n) is 6.01. The zero-order chi connectivity index (χ0) is 17.5. The number of carbonyl (C=O) groups is 1. The number of nitrogens with one attached hydrogen (secondary N) is 2. The third-order valence-electron chi connectivity index (χ3n) is 4.21. The van der Waals surface area contributed by atoms with Gasteiger partial charge in [0.1, 0.15) is 5.69 Å². The number of amides is 1. The van der Waals surface area contributed by atoms with Gasteiger partial charge in [0.15, 0.2) is 0 Å². The zero-order valence-electron chi connectivity index (χ0n) is 14.3. The maximum absolute atomic E-state index is 12.4. The van der Waals surface area contributed by atoms with Crippen molar-refractivity contribution >= 4 is 5.91 Å². The Balaban J connectivity index is 1.50. The van der Waals surface area contributed by atoms with E-state index in [2.05, 4.69) is 20.5 Å². The first kappa shape index (κ1) is 16.9. The number of rotatable bonds is 7. The number of H-pyrrole nitrogens is 1. The lowest BCUT2D eigenvalue weighted by Gasteiger charge is -2.05. The number of nitrogens with zero attached hydrogens (tertiary/aromatic N) is 2. The fourth-order valence-electron chi connectivity index (χ4n) is 2.79. The molecule has 0 spiro atoms. The van der Waals surface area contributed by atoms with E-state index < -0.39 is 0 Å². The van der Waals surface area contributed by atoms with Gasteiger partial charge in [-0.25, -0.2) is 0 Å². The molecule has 1 amide bonds. The van der Waals surface area contributed by atoms with Gasteiger partial charge in [-0.15, -0.1) is 0 Å². The fourth-order valence-corrected chi connectivity index (χ4v) is 2.79. The molecular formula is C20H22N4O. The van der Waals surface area contributed by atoms with Gasteiger partial charge in [0, 0.05) is 30.1 Å². The van der Waals surface area contributed by atoms with Crippen LogP contribution in [0.15, 0.2) is 54.9 Å². The normalized spacial score (nSPS) is 10.6. The van der Waals surface area contributed by atoms with Gasteiger partial charge in [0.25, 0.3) is 5.91 Å². The van der Waals surface area contributed by atoms with Crippen molar-refractivity contribution in [1.29, 1.82) is 0 Å². The quantitative estimate of drug-likeness (QED) is 0.649. The summed E-state index contributed by atoms with van der Waals surface area (Å²) < 4.78 is 0. The summed E-state index contributed by atoms with van der Waals surface area (Å²) in [6, 6.07) is 13.9. The van der Waals surface area contributed by atoms with Crippen molar-refractivity contribution in [2.75, 3.05) is 6.54 Å². The van der Waals surface area contributed by atoms with Crippen LogP contribution in [-0.2, 0) is 6.42 Å². The molecule has 3 aromatic rings. The van der Waals surface area contributed by atoms with E-state index in [-0.39, 0.29) is 5.91 Å². The van der Waals surface area contributed by atoms with E-state index in [4.69, 9.17) is 0 Å². The van der Waals surface area contributed by atoms with Crippen LogP contribution in [0.5, 0.6) is 0 Å². The Hall–Kier alpha value is -2.95. The maximum Gasteiger partial charge on any atom is 0.269 e. The molecule has 2 N–H and O–H groups in total. The molecule has 0 saturated carbocycles. The number of aryl methyl sites for hydroxylation is 1. The second kappa shape index (κ2) is 8.24. The summed E-state index contributed by atoms with van der Waals surface area (Å²) in [5, 5.41) is 10.1. The monoisotopic (exact) mass is 334 g/mol. The van der Waals surface area contributed by atoms with Crippen molar-refractivity contribution in [2.45, 2.75) is 26.2 Å². The van der Waals surface area contributed by atoms with Crippen molar-refractivity contribution in [1.82, 2.24) is 20.5 Å². The molecule has 2 heterocycles. The number of hydrogen-bond acceptors (Lipinski definition) is 3. The minimum absolute atomic E-state index is 0.101. The average molecular weight is 334 g/mol. The first-order chi connectivity index (χ1) is 12.3. The summed E-state index contributed by atoms with van der Waals surface area (Å²) in [5.74, 6) is -0.101. The van der Waals surface area contributed by atoms with E-state index in [1.165, 1.54) is 5.56 Å². The predicted octanol–water partition coefficient (Wildman–Crippen LogP) is 3.53. The highest BCUT2D eigenvalue weighted by Crippen LogP contribution is 2.22. The topological polar surface area (TPSA) is 70.7 Å². The number of hydrogen-bond donors (Lipinski definition) is 2. The average Bonchev–Trinajstić information content (AvgIpc) is 3.04. The molecule has 25 heavy (non-hydrogen) atoms. The number of aromatic amines is 1. The molecule has 0 saturated heterocycles. The first-order valence-electron chi connectivity index (χ1n) is 8.53. The molecule has 3 rings (SSSR count). The van der Waals surface area contributed by atoms with Crippen molar-refractivity contribution in [3.8, 4) is 11.3 Å². The van der Waals surface area contributed by atoms with E-state index in [0.29, 0.717) is 12.2 Å². The molecule has 5 nitrogen and oxygen atoms in total. The minimum Gasteiger partial charge on any atom is -0.351 e. The molecule has 0 aliphatic heterocycles.